The molecule has 1 N–H and O–H groups in total. The molecule has 0 atom stereocenters. The fraction of sp³-hybridized carbons (Fsp3) is 0.727. The van der Waals surface area contributed by atoms with Gasteiger partial charge in [-0.1, -0.05) is 0 Å². The first-order chi connectivity index (χ1) is 8.16. The van der Waals surface area contributed by atoms with Gasteiger partial charge in [0.25, 0.3) is 0 Å². The van der Waals surface area contributed by atoms with Gasteiger partial charge in [-0.05, 0) is 20.8 Å². The second-order valence-electron chi connectivity index (χ2n) is 4.94. The fourth-order valence-corrected chi connectivity index (χ4v) is 1.84. The Morgan fingerprint density at radius 3 is 2.56 bits per heavy atom. The lowest BCUT2D eigenvalue weighted by Gasteiger charge is -2.19. The summed E-state index contributed by atoms with van der Waals surface area (Å²) < 4.78 is 40.1. The van der Waals surface area contributed by atoms with Gasteiger partial charge in [-0.15, -0.1) is 11.3 Å². The SMILES string of the molecule is CC(C)(C)NCc1csc(COCC(F)(F)F)n1. The minimum absolute atomic E-state index is 0.0173. The summed E-state index contributed by atoms with van der Waals surface area (Å²) >= 11 is 1.31. The summed E-state index contributed by atoms with van der Waals surface area (Å²) in [7, 11) is 0. The van der Waals surface area contributed by atoms with Gasteiger partial charge >= 0.3 is 6.18 Å². The van der Waals surface area contributed by atoms with Crippen LogP contribution in [0.1, 0.15) is 31.5 Å². The smallest absolute Gasteiger partial charge is 0.365 e. The molecule has 104 valence electrons. The maximum atomic E-state index is 11.9. The third-order valence-electron chi connectivity index (χ3n) is 1.89. The Morgan fingerprint density at radius 1 is 1.33 bits per heavy atom. The quantitative estimate of drug-likeness (QED) is 0.901. The maximum absolute atomic E-state index is 11.9. The van der Waals surface area contributed by atoms with Crippen LogP contribution in [0.2, 0.25) is 0 Å². The third kappa shape index (κ3) is 6.93. The van der Waals surface area contributed by atoms with Gasteiger partial charge in [-0.2, -0.15) is 13.2 Å². The van der Waals surface area contributed by atoms with Crippen molar-refractivity contribution in [1.29, 1.82) is 0 Å². The normalized spacial score (nSPS) is 13.0. The summed E-state index contributed by atoms with van der Waals surface area (Å²) in [6, 6.07) is 0. The average Bonchev–Trinajstić information content (AvgIpc) is 2.60. The van der Waals surface area contributed by atoms with Crippen molar-refractivity contribution in [1.82, 2.24) is 10.3 Å². The van der Waals surface area contributed by atoms with Crippen molar-refractivity contribution < 1.29 is 17.9 Å². The second kappa shape index (κ2) is 5.99. The van der Waals surface area contributed by atoms with Gasteiger partial charge in [0.2, 0.25) is 0 Å². The molecule has 3 nitrogen and oxygen atoms in total. The molecule has 0 saturated carbocycles. The standard InChI is InChI=1S/C11H17F3N2OS/c1-10(2,3)15-4-8-6-18-9(16-8)5-17-7-11(12,13)14/h6,15H,4-5,7H2,1-3H3. The lowest BCUT2D eigenvalue weighted by Crippen LogP contribution is -2.35. The Morgan fingerprint density at radius 2 is 2.00 bits per heavy atom. The predicted octanol–water partition coefficient (Wildman–Crippen LogP) is 3.11. The van der Waals surface area contributed by atoms with Gasteiger partial charge in [-0.25, -0.2) is 4.98 Å². The summed E-state index contributed by atoms with van der Waals surface area (Å²) in [6.45, 7) is 5.37. The van der Waals surface area contributed by atoms with Crippen LogP contribution in [-0.2, 0) is 17.9 Å². The molecule has 0 radical (unpaired) electrons. The Bertz CT molecular complexity index is 371. The van der Waals surface area contributed by atoms with E-state index in [0.29, 0.717) is 11.6 Å². The topological polar surface area (TPSA) is 34.1 Å². The summed E-state index contributed by atoms with van der Waals surface area (Å²) in [5, 5.41) is 5.64. The van der Waals surface area contributed by atoms with Crippen LogP contribution in [0, 0.1) is 0 Å². The molecule has 0 spiro atoms. The van der Waals surface area contributed by atoms with Crippen LogP contribution in [0.15, 0.2) is 5.38 Å². The number of thiazole rings is 1. The second-order valence-corrected chi connectivity index (χ2v) is 5.89. The van der Waals surface area contributed by atoms with Crippen molar-refractivity contribution >= 4 is 11.3 Å². The van der Waals surface area contributed by atoms with E-state index >= 15 is 0 Å². The number of alkyl halides is 3. The van der Waals surface area contributed by atoms with Gasteiger partial charge in [0.15, 0.2) is 0 Å². The molecule has 0 fully saturated rings. The van der Waals surface area contributed by atoms with Crippen LogP contribution in [0.25, 0.3) is 0 Å². The molecule has 1 heterocycles. The summed E-state index contributed by atoms with van der Waals surface area (Å²) in [6.07, 6.45) is -4.28. The first-order valence-corrected chi connectivity index (χ1v) is 6.36. The van der Waals surface area contributed by atoms with Crippen LogP contribution in [0.5, 0.6) is 0 Å². The Kier molecular flexibility index (Phi) is 5.12. The predicted molar refractivity (Wildman–Crippen MR) is 64.4 cm³/mol. The Hall–Kier alpha value is -0.660. The van der Waals surface area contributed by atoms with Crippen molar-refractivity contribution in [2.75, 3.05) is 6.61 Å². The molecular weight excluding hydrogens is 265 g/mol. The molecule has 0 aromatic carbocycles. The van der Waals surface area contributed by atoms with E-state index in [1.807, 2.05) is 26.2 Å². The lowest BCUT2D eigenvalue weighted by atomic mass is 10.1. The molecule has 0 amide bonds. The molecule has 0 aliphatic heterocycles. The van der Waals surface area contributed by atoms with Crippen molar-refractivity contribution in [3.63, 3.8) is 0 Å². The largest absolute Gasteiger partial charge is 0.411 e. The van der Waals surface area contributed by atoms with Gasteiger partial charge in [0.05, 0.1) is 12.3 Å². The van der Waals surface area contributed by atoms with Crippen LogP contribution < -0.4 is 5.32 Å². The molecule has 1 aromatic rings. The minimum atomic E-state index is -4.28. The highest BCUT2D eigenvalue weighted by Crippen LogP contribution is 2.17. The highest BCUT2D eigenvalue weighted by atomic mass is 32.1. The van der Waals surface area contributed by atoms with E-state index < -0.39 is 12.8 Å². The third-order valence-corrected chi connectivity index (χ3v) is 2.76. The molecule has 0 aliphatic carbocycles. The summed E-state index contributed by atoms with van der Waals surface area (Å²) in [5.41, 5.74) is 0.803. The number of aromatic nitrogens is 1. The van der Waals surface area contributed by atoms with Gasteiger partial charge in [0.1, 0.15) is 11.6 Å². The van der Waals surface area contributed by atoms with Crippen LogP contribution in [-0.4, -0.2) is 23.3 Å². The first kappa shape index (κ1) is 15.4. The number of nitrogens with zero attached hydrogens (tertiary/aromatic N) is 1. The zero-order valence-corrected chi connectivity index (χ0v) is 11.4. The fourth-order valence-electron chi connectivity index (χ4n) is 1.11. The molecule has 7 heteroatoms. The van der Waals surface area contributed by atoms with Crippen LogP contribution in [0.3, 0.4) is 0 Å². The van der Waals surface area contributed by atoms with Crippen molar-refractivity contribution in [2.45, 2.75) is 45.6 Å². The molecular formula is C11H17F3N2OS. The average molecular weight is 282 g/mol. The lowest BCUT2D eigenvalue weighted by molar-refractivity contribution is -0.176. The zero-order valence-electron chi connectivity index (χ0n) is 10.6. The van der Waals surface area contributed by atoms with Gasteiger partial charge < -0.3 is 10.1 Å². The molecule has 0 aliphatic rings. The number of ether oxygens (including phenoxy) is 1. The highest BCUT2D eigenvalue weighted by molar-refractivity contribution is 7.09. The minimum Gasteiger partial charge on any atom is -0.365 e. The number of halogens is 3. The van der Waals surface area contributed by atoms with Crippen molar-refractivity contribution in [2.24, 2.45) is 0 Å². The number of hydrogen-bond acceptors (Lipinski definition) is 4. The molecule has 0 unspecified atom stereocenters. The van der Waals surface area contributed by atoms with Gasteiger partial charge in [0, 0.05) is 17.5 Å². The monoisotopic (exact) mass is 282 g/mol. The number of rotatable bonds is 5. The Labute approximate surface area is 108 Å². The molecule has 0 bridgehead atoms. The Balaban J connectivity index is 2.35. The number of hydrogen-bond donors (Lipinski definition) is 1. The van der Waals surface area contributed by atoms with Crippen molar-refractivity contribution in [3.05, 3.63) is 16.1 Å². The van der Waals surface area contributed by atoms with E-state index in [2.05, 4.69) is 15.0 Å². The first-order valence-electron chi connectivity index (χ1n) is 5.48. The zero-order chi connectivity index (χ0) is 13.8. The van der Waals surface area contributed by atoms with E-state index in [4.69, 9.17) is 0 Å². The van der Waals surface area contributed by atoms with E-state index in [-0.39, 0.29) is 12.1 Å². The van der Waals surface area contributed by atoms with E-state index in [0.717, 1.165) is 5.69 Å². The molecule has 1 rings (SSSR count). The summed E-state index contributed by atoms with van der Waals surface area (Å²) in [5.74, 6) is 0. The van der Waals surface area contributed by atoms with Gasteiger partial charge in [-0.3, -0.25) is 0 Å². The molecule has 1 aromatic heterocycles. The van der Waals surface area contributed by atoms with E-state index in [9.17, 15) is 13.2 Å². The maximum Gasteiger partial charge on any atom is 0.411 e. The van der Waals surface area contributed by atoms with Crippen molar-refractivity contribution in [3.8, 4) is 0 Å². The summed E-state index contributed by atoms with van der Waals surface area (Å²) in [4.78, 5) is 4.20. The van der Waals surface area contributed by atoms with E-state index in [1.165, 1.54) is 11.3 Å². The van der Waals surface area contributed by atoms with Crippen LogP contribution >= 0.6 is 11.3 Å². The van der Waals surface area contributed by atoms with E-state index in [1.54, 1.807) is 0 Å². The molecule has 0 saturated heterocycles. The molecule has 18 heavy (non-hydrogen) atoms. The number of nitrogens with one attached hydrogen (secondary N) is 1. The van der Waals surface area contributed by atoms with Crippen LogP contribution in [0.4, 0.5) is 13.2 Å². The highest BCUT2D eigenvalue weighted by Gasteiger charge is 2.27.